The van der Waals surface area contributed by atoms with Gasteiger partial charge in [-0.15, -0.1) is 23.1 Å². The van der Waals surface area contributed by atoms with Gasteiger partial charge in [-0.1, -0.05) is 24.3 Å². The van der Waals surface area contributed by atoms with Crippen LogP contribution in [0.2, 0.25) is 0 Å². The molecule has 0 bridgehead atoms. The minimum Gasteiger partial charge on any atom is -0.377 e. The smallest absolute Gasteiger partial charge is 0.171 e. The molecular weight excluding hydrogens is 312 g/mol. The fourth-order valence-electron chi connectivity index (χ4n) is 2.62. The summed E-state index contributed by atoms with van der Waals surface area (Å²) < 4.78 is 5.73. The minimum atomic E-state index is 0.365. The topological polar surface area (TPSA) is 35.0 Å². The molecule has 4 rings (SSSR count). The van der Waals surface area contributed by atoms with E-state index in [1.165, 1.54) is 6.42 Å². The Morgan fingerprint density at radius 3 is 2.95 bits per heavy atom. The van der Waals surface area contributed by atoms with E-state index in [1.54, 1.807) is 23.1 Å². The van der Waals surface area contributed by atoms with Crippen LogP contribution in [-0.4, -0.2) is 28.4 Å². The number of para-hydroxylation sites is 1. The van der Waals surface area contributed by atoms with E-state index in [1.807, 2.05) is 18.2 Å². The Hall–Kier alpha value is -1.43. The highest BCUT2D eigenvalue weighted by atomic mass is 32.2. The highest BCUT2D eigenvalue weighted by Crippen LogP contribution is 2.31. The van der Waals surface area contributed by atoms with Crippen LogP contribution in [0.3, 0.4) is 0 Å². The van der Waals surface area contributed by atoms with Gasteiger partial charge in [-0.3, -0.25) is 0 Å². The van der Waals surface area contributed by atoms with Gasteiger partial charge in [0.05, 0.1) is 16.5 Å². The number of fused-ring (bicyclic) bond motifs is 1. The third kappa shape index (κ3) is 2.89. The number of ether oxygens (including phenoxy) is 1. The summed E-state index contributed by atoms with van der Waals surface area (Å²) in [6, 6.07) is 12.4. The largest absolute Gasteiger partial charge is 0.377 e. The second-order valence-electron chi connectivity index (χ2n) is 5.29. The molecule has 0 aliphatic carbocycles. The zero-order chi connectivity index (χ0) is 14.8. The van der Waals surface area contributed by atoms with Gasteiger partial charge >= 0.3 is 0 Å². The molecular formula is C17H16N2OS2. The maximum absolute atomic E-state index is 5.73. The van der Waals surface area contributed by atoms with Gasteiger partial charge in [0, 0.05) is 17.7 Å². The van der Waals surface area contributed by atoms with E-state index < -0.39 is 0 Å². The molecule has 1 atom stereocenters. The molecule has 22 heavy (non-hydrogen) atoms. The van der Waals surface area contributed by atoms with Crippen molar-refractivity contribution in [1.82, 2.24) is 9.97 Å². The van der Waals surface area contributed by atoms with Crippen molar-refractivity contribution < 1.29 is 4.74 Å². The summed E-state index contributed by atoms with van der Waals surface area (Å²) in [7, 11) is 0. The van der Waals surface area contributed by atoms with Crippen molar-refractivity contribution in [2.45, 2.75) is 24.0 Å². The fraction of sp³-hybridized carbons (Fsp3) is 0.294. The third-order valence-corrected chi connectivity index (χ3v) is 5.73. The molecule has 3 aromatic rings. The molecule has 2 aromatic heterocycles. The van der Waals surface area contributed by atoms with Gasteiger partial charge in [0.2, 0.25) is 0 Å². The van der Waals surface area contributed by atoms with Gasteiger partial charge in [0.1, 0.15) is 5.03 Å². The molecule has 1 saturated heterocycles. The van der Waals surface area contributed by atoms with Crippen molar-refractivity contribution in [3.05, 3.63) is 41.8 Å². The second-order valence-corrected chi connectivity index (χ2v) is 7.25. The zero-order valence-corrected chi connectivity index (χ0v) is 13.7. The molecule has 0 amide bonds. The van der Waals surface area contributed by atoms with E-state index in [0.717, 1.165) is 45.4 Å². The highest BCUT2D eigenvalue weighted by Gasteiger charge is 2.17. The Kier molecular flexibility index (Phi) is 4.10. The van der Waals surface area contributed by atoms with Crippen molar-refractivity contribution in [1.29, 1.82) is 0 Å². The molecule has 1 aliphatic heterocycles. The molecule has 3 heterocycles. The summed E-state index contributed by atoms with van der Waals surface area (Å²) in [6.45, 7) is 0.899. The monoisotopic (exact) mass is 328 g/mol. The molecule has 1 unspecified atom stereocenters. The van der Waals surface area contributed by atoms with Gasteiger partial charge in [-0.2, -0.15) is 0 Å². The predicted octanol–water partition coefficient (Wildman–Crippen LogP) is 4.63. The molecule has 1 fully saturated rings. The maximum Gasteiger partial charge on any atom is 0.171 e. The van der Waals surface area contributed by atoms with Gasteiger partial charge in [-0.25, -0.2) is 9.97 Å². The molecule has 3 nitrogen and oxygen atoms in total. The molecule has 0 saturated carbocycles. The first-order valence-electron chi connectivity index (χ1n) is 7.45. The van der Waals surface area contributed by atoms with Crippen LogP contribution in [0.1, 0.15) is 12.8 Å². The lowest BCUT2D eigenvalue weighted by atomic mass is 10.2. The van der Waals surface area contributed by atoms with Crippen LogP contribution in [-0.2, 0) is 4.74 Å². The number of rotatable bonds is 4. The first-order valence-corrected chi connectivity index (χ1v) is 9.32. The Morgan fingerprint density at radius 1 is 1.18 bits per heavy atom. The summed E-state index contributed by atoms with van der Waals surface area (Å²) in [5.74, 6) is 1.79. The summed E-state index contributed by atoms with van der Waals surface area (Å²) in [4.78, 5) is 10.6. The summed E-state index contributed by atoms with van der Waals surface area (Å²) >= 11 is 3.46. The fourth-order valence-corrected chi connectivity index (χ4v) is 4.36. The minimum absolute atomic E-state index is 0.365. The van der Waals surface area contributed by atoms with Crippen molar-refractivity contribution in [3.63, 3.8) is 0 Å². The van der Waals surface area contributed by atoms with Crippen LogP contribution in [0, 0.1) is 0 Å². The van der Waals surface area contributed by atoms with Gasteiger partial charge < -0.3 is 4.74 Å². The number of hydrogen-bond donors (Lipinski definition) is 0. The van der Waals surface area contributed by atoms with Crippen LogP contribution in [0.25, 0.3) is 21.6 Å². The van der Waals surface area contributed by atoms with Gasteiger partial charge in [0.25, 0.3) is 0 Å². The van der Waals surface area contributed by atoms with Crippen LogP contribution in [0.5, 0.6) is 0 Å². The van der Waals surface area contributed by atoms with E-state index in [9.17, 15) is 0 Å². The van der Waals surface area contributed by atoms with Crippen molar-refractivity contribution in [2.24, 2.45) is 0 Å². The number of benzene rings is 1. The Morgan fingerprint density at radius 2 is 2.14 bits per heavy atom. The average Bonchev–Trinajstić information content (AvgIpc) is 3.25. The van der Waals surface area contributed by atoms with Crippen LogP contribution >= 0.6 is 23.1 Å². The lowest BCUT2D eigenvalue weighted by Gasteiger charge is -2.11. The lowest BCUT2D eigenvalue weighted by molar-refractivity contribution is 0.129. The third-order valence-electron chi connectivity index (χ3n) is 3.74. The number of thioether (sulfide) groups is 1. The summed E-state index contributed by atoms with van der Waals surface area (Å²) in [5.41, 5.74) is 1.01. The molecule has 1 aromatic carbocycles. The van der Waals surface area contributed by atoms with E-state index in [4.69, 9.17) is 14.7 Å². The first kappa shape index (κ1) is 14.2. The Bertz CT molecular complexity index is 767. The van der Waals surface area contributed by atoms with Crippen LogP contribution < -0.4 is 0 Å². The van der Waals surface area contributed by atoms with Gasteiger partial charge in [-0.05, 0) is 30.4 Å². The standard InChI is InChI=1S/C17H16N2OS2/c1-2-7-14-13(6-1)17(22-11-12-5-3-9-20-12)19-16(18-14)15-8-4-10-21-15/h1-2,4,6-8,10,12H,3,5,9,11H2. The number of aromatic nitrogens is 2. The normalized spacial score (nSPS) is 18.1. The van der Waals surface area contributed by atoms with Crippen molar-refractivity contribution >= 4 is 34.0 Å². The highest BCUT2D eigenvalue weighted by molar-refractivity contribution is 7.99. The van der Waals surface area contributed by atoms with E-state index in [0.29, 0.717) is 6.10 Å². The Balaban J connectivity index is 1.70. The van der Waals surface area contributed by atoms with E-state index >= 15 is 0 Å². The number of thiophene rings is 1. The predicted molar refractivity (Wildman–Crippen MR) is 92.5 cm³/mol. The molecule has 0 N–H and O–H groups in total. The molecule has 0 radical (unpaired) electrons. The summed E-state index contributed by atoms with van der Waals surface area (Å²) in [6.07, 6.45) is 2.70. The molecule has 5 heteroatoms. The van der Waals surface area contributed by atoms with E-state index in [2.05, 4.69) is 23.6 Å². The lowest BCUT2D eigenvalue weighted by Crippen LogP contribution is -2.08. The van der Waals surface area contributed by atoms with Gasteiger partial charge in [0.15, 0.2) is 5.82 Å². The van der Waals surface area contributed by atoms with E-state index in [-0.39, 0.29) is 0 Å². The SMILES string of the molecule is c1csc(-c2nc(SCC3CCCO3)c3ccccc3n2)c1. The Labute approximate surface area is 137 Å². The molecule has 0 spiro atoms. The van der Waals surface area contributed by atoms with Crippen molar-refractivity contribution in [3.8, 4) is 10.7 Å². The summed E-state index contributed by atoms with van der Waals surface area (Å²) in [5, 5.41) is 4.25. The molecule has 1 aliphatic rings. The van der Waals surface area contributed by atoms with Crippen LogP contribution in [0.15, 0.2) is 46.8 Å². The van der Waals surface area contributed by atoms with Crippen LogP contribution in [0.4, 0.5) is 0 Å². The zero-order valence-electron chi connectivity index (χ0n) is 12.1. The second kappa shape index (κ2) is 6.36. The van der Waals surface area contributed by atoms with Crippen molar-refractivity contribution in [2.75, 3.05) is 12.4 Å². The average molecular weight is 328 g/mol. The number of nitrogens with zero attached hydrogens (tertiary/aromatic N) is 2. The first-order chi connectivity index (χ1) is 10.9. The molecule has 112 valence electrons. The quantitative estimate of drug-likeness (QED) is 0.517. The number of hydrogen-bond acceptors (Lipinski definition) is 5. The maximum atomic E-state index is 5.73.